The first kappa shape index (κ1) is 22.4. The Bertz CT molecular complexity index is 936. The molecule has 0 saturated carbocycles. The number of benzene rings is 2. The Kier molecular flexibility index (Phi) is 8.10. The molecule has 6 heteroatoms. The summed E-state index contributed by atoms with van der Waals surface area (Å²) >= 11 is 0. The number of nitrogens with zero attached hydrogens (tertiary/aromatic N) is 1. The van der Waals surface area contributed by atoms with Crippen LogP contribution in [0.5, 0.6) is 11.5 Å². The fourth-order valence-electron chi connectivity index (χ4n) is 3.62. The van der Waals surface area contributed by atoms with Gasteiger partial charge in [-0.15, -0.1) is 0 Å². The second kappa shape index (κ2) is 11.2. The predicted molar refractivity (Wildman–Crippen MR) is 119 cm³/mol. The van der Waals surface area contributed by atoms with Crippen molar-refractivity contribution in [1.82, 2.24) is 0 Å². The average Bonchev–Trinajstić information content (AvgIpc) is 2.75. The number of fused-ring (bicyclic) bond motifs is 1. The summed E-state index contributed by atoms with van der Waals surface area (Å²) in [6.45, 7) is 2.29. The lowest BCUT2D eigenvalue weighted by Gasteiger charge is -2.19. The third kappa shape index (κ3) is 6.35. The van der Waals surface area contributed by atoms with Gasteiger partial charge in [-0.2, -0.15) is 0 Å². The highest BCUT2D eigenvalue weighted by atomic mass is 16.6. The number of cyclic esters (lactones) is 1. The largest absolute Gasteiger partial charge is 0.508 e. The van der Waals surface area contributed by atoms with Crippen molar-refractivity contribution in [2.75, 3.05) is 6.61 Å². The van der Waals surface area contributed by atoms with Gasteiger partial charge in [0.1, 0.15) is 29.8 Å². The van der Waals surface area contributed by atoms with Crippen molar-refractivity contribution in [2.24, 2.45) is 5.16 Å². The Balaban J connectivity index is 2.00. The number of hydrogen-bond acceptors (Lipinski definition) is 6. The summed E-state index contributed by atoms with van der Waals surface area (Å²) in [5, 5.41) is 24.7. The summed E-state index contributed by atoms with van der Waals surface area (Å²) in [6, 6.07) is 12.2. The Morgan fingerprint density at radius 3 is 2.71 bits per heavy atom. The molecule has 31 heavy (non-hydrogen) atoms. The molecule has 0 aliphatic carbocycles. The molecule has 0 radical (unpaired) electrons. The van der Waals surface area contributed by atoms with Gasteiger partial charge in [0, 0.05) is 18.9 Å². The van der Waals surface area contributed by atoms with Crippen LogP contribution in [0.3, 0.4) is 0 Å². The lowest BCUT2D eigenvalue weighted by atomic mass is 9.97. The van der Waals surface area contributed by atoms with Crippen molar-refractivity contribution < 1.29 is 24.6 Å². The van der Waals surface area contributed by atoms with Crippen molar-refractivity contribution in [3.63, 3.8) is 0 Å². The van der Waals surface area contributed by atoms with E-state index < -0.39 is 12.1 Å². The standard InChI is InChI=1S/C25H29NO5/c1-2-30-26-20-13-9-4-3-5-10-14-23(18-11-7-6-8-12-18)31-25(29)24-19(15-20)16-21(27)17-22(24)28/h5-8,10-12,16-17,23,27-28H,2-4,9,13-15H2,1H3/b10-5+,26-20?. The van der Waals surface area contributed by atoms with E-state index in [2.05, 4.69) is 11.2 Å². The van der Waals surface area contributed by atoms with E-state index in [0.29, 0.717) is 25.0 Å². The molecule has 0 spiro atoms. The number of hydrogen-bond donors (Lipinski definition) is 2. The number of aromatic hydroxyl groups is 2. The first-order valence-corrected chi connectivity index (χ1v) is 10.7. The number of allylic oxidation sites excluding steroid dienone is 1. The Morgan fingerprint density at radius 1 is 1.13 bits per heavy atom. The van der Waals surface area contributed by atoms with Gasteiger partial charge in [0.05, 0.1) is 5.71 Å². The number of carbonyl (C=O) groups is 1. The van der Waals surface area contributed by atoms with E-state index in [1.807, 2.05) is 43.3 Å². The van der Waals surface area contributed by atoms with E-state index in [9.17, 15) is 15.0 Å². The van der Waals surface area contributed by atoms with E-state index in [1.165, 1.54) is 6.07 Å². The molecule has 1 aliphatic heterocycles. The number of ether oxygens (including phenoxy) is 1. The molecule has 1 atom stereocenters. The number of oxime groups is 1. The highest BCUT2D eigenvalue weighted by molar-refractivity contribution is 5.97. The molecule has 3 rings (SSSR count). The highest BCUT2D eigenvalue weighted by Crippen LogP contribution is 2.32. The van der Waals surface area contributed by atoms with Gasteiger partial charge < -0.3 is 19.8 Å². The molecule has 1 unspecified atom stereocenters. The van der Waals surface area contributed by atoms with Crippen molar-refractivity contribution in [3.05, 3.63) is 71.3 Å². The van der Waals surface area contributed by atoms with E-state index in [0.717, 1.165) is 36.6 Å². The van der Waals surface area contributed by atoms with Crippen LogP contribution in [0.1, 0.15) is 66.6 Å². The van der Waals surface area contributed by atoms with Crippen LogP contribution >= 0.6 is 0 Å². The third-order valence-electron chi connectivity index (χ3n) is 5.13. The molecule has 0 saturated heterocycles. The van der Waals surface area contributed by atoms with Crippen LogP contribution in [0.15, 0.2) is 59.8 Å². The normalized spacial score (nSPS) is 20.4. The molecular weight excluding hydrogens is 394 g/mol. The molecule has 2 aromatic rings. The van der Waals surface area contributed by atoms with Gasteiger partial charge in [0.25, 0.3) is 0 Å². The number of phenolic OH excluding ortho intramolecular Hbond substituents is 2. The molecule has 0 amide bonds. The summed E-state index contributed by atoms with van der Waals surface area (Å²) in [6.07, 6.45) is 8.02. The maximum atomic E-state index is 13.2. The van der Waals surface area contributed by atoms with Crippen LogP contribution < -0.4 is 0 Å². The van der Waals surface area contributed by atoms with Crippen molar-refractivity contribution in [3.8, 4) is 11.5 Å². The second-order valence-corrected chi connectivity index (χ2v) is 7.51. The number of esters is 1. The fourth-order valence-corrected chi connectivity index (χ4v) is 3.62. The van der Waals surface area contributed by atoms with E-state index in [4.69, 9.17) is 9.57 Å². The van der Waals surface area contributed by atoms with Gasteiger partial charge in [0.2, 0.25) is 0 Å². The lowest BCUT2D eigenvalue weighted by Crippen LogP contribution is -2.16. The first-order valence-electron chi connectivity index (χ1n) is 10.7. The Labute approximate surface area is 182 Å². The van der Waals surface area contributed by atoms with Crippen LogP contribution in [0.4, 0.5) is 0 Å². The molecule has 164 valence electrons. The minimum Gasteiger partial charge on any atom is -0.508 e. The van der Waals surface area contributed by atoms with Crippen LogP contribution in [-0.4, -0.2) is 28.5 Å². The topological polar surface area (TPSA) is 88.4 Å². The van der Waals surface area contributed by atoms with Gasteiger partial charge in [-0.25, -0.2) is 4.79 Å². The summed E-state index contributed by atoms with van der Waals surface area (Å²) in [7, 11) is 0. The highest BCUT2D eigenvalue weighted by Gasteiger charge is 2.24. The minimum absolute atomic E-state index is 0.0453. The molecule has 1 heterocycles. The van der Waals surface area contributed by atoms with E-state index in [-0.39, 0.29) is 23.5 Å². The van der Waals surface area contributed by atoms with Crippen molar-refractivity contribution in [1.29, 1.82) is 0 Å². The van der Waals surface area contributed by atoms with Gasteiger partial charge in [-0.3, -0.25) is 0 Å². The van der Waals surface area contributed by atoms with Crippen LogP contribution in [0, 0.1) is 0 Å². The van der Waals surface area contributed by atoms with Gasteiger partial charge in [-0.05, 0) is 49.8 Å². The Hall–Kier alpha value is -3.28. The van der Waals surface area contributed by atoms with Crippen molar-refractivity contribution >= 4 is 11.7 Å². The molecule has 6 nitrogen and oxygen atoms in total. The predicted octanol–water partition coefficient (Wildman–Crippen LogP) is 5.45. The molecule has 1 aliphatic rings. The van der Waals surface area contributed by atoms with E-state index >= 15 is 0 Å². The number of phenols is 2. The smallest absolute Gasteiger partial charge is 0.342 e. The monoisotopic (exact) mass is 423 g/mol. The molecule has 2 N–H and O–H groups in total. The van der Waals surface area contributed by atoms with Crippen molar-refractivity contribution in [2.45, 2.75) is 51.6 Å². The van der Waals surface area contributed by atoms with Gasteiger partial charge in [0.15, 0.2) is 0 Å². The quantitative estimate of drug-likeness (QED) is 0.389. The maximum Gasteiger partial charge on any atom is 0.342 e. The van der Waals surface area contributed by atoms with Crippen LogP contribution in [0.25, 0.3) is 0 Å². The fraction of sp³-hybridized carbons (Fsp3) is 0.360. The SMILES string of the molecule is CCON=C1CCCC/C=C/CC(c2ccccc2)OC(=O)c2c(O)cc(O)cc2C1. The number of rotatable bonds is 3. The first-order chi connectivity index (χ1) is 15.1. The second-order valence-electron chi connectivity index (χ2n) is 7.51. The summed E-state index contributed by atoms with van der Waals surface area (Å²) in [4.78, 5) is 18.4. The molecular formula is C25H29NO5. The molecule has 0 fully saturated rings. The molecule has 2 aromatic carbocycles. The van der Waals surface area contributed by atoms with Crippen LogP contribution in [-0.2, 0) is 16.0 Å². The van der Waals surface area contributed by atoms with E-state index in [1.54, 1.807) is 0 Å². The zero-order valence-corrected chi connectivity index (χ0v) is 17.8. The van der Waals surface area contributed by atoms with Gasteiger partial charge in [-0.1, -0.05) is 47.6 Å². The maximum absolute atomic E-state index is 13.2. The zero-order chi connectivity index (χ0) is 22.1. The number of carbonyl (C=O) groups excluding carboxylic acids is 1. The minimum atomic E-state index is -0.637. The molecule has 0 aromatic heterocycles. The van der Waals surface area contributed by atoms with Gasteiger partial charge >= 0.3 is 5.97 Å². The zero-order valence-electron chi connectivity index (χ0n) is 17.8. The Morgan fingerprint density at radius 2 is 1.94 bits per heavy atom. The average molecular weight is 424 g/mol. The summed E-state index contributed by atoms with van der Waals surface area (Å²) < 4.78 is 5.84. The lowest BCUT2D eigenvalue weighted by molar-refractivity contribution is 0.0299. The third-order valence-corrected chi connectivity index (χ3v) is 5.13. The van der Waals surface area contributed by atoms with Crippen LogP contribution in [0.2, 0.25) is 0 Å². The molecule has 0 bridgehead atoms. The summed E-state index contributed by atoms with van der Waals surface area (Å²) in [5.41, 5.74) is 2.14. The summed E-state index contributed by atoms with van der Waals surface area (Å²) in [5.74, 6) is -1.07.